The van der Waals surface area contributed by atoms with Crippen molar-refractivity contribution >= 4 is 16.7 Å². The molecule has 0 radical (unpaired) electrons. The number of carbonyl (C=O) groups excluding carboxylic acids is 1. The molecule has 1 aromatic heterocycles. The van der Waals surface area contributed by atoms with Crippen molar-refractivity contribution in [1.29, 1.82) is 0 Å². The molecule has 0 N–H and O–H groups in total. The van der Waals surface area contributed by atoms with E-state index in [1.807, 2.05) is 30.3 Å². The van der Waals surface area contributed by atoms with Crippen LogP contribution in [0.5, 0.6) is 0 Å². The number of carbonyl (C=O) groups is 1. The van der Waals surface area contributed by atoms with Crippen molar-refractivity contribution in [2.24, 2.45) is 0 Å². The smallest absolute Gasteiger partial charge is 0.214 e. The standard InChI is InChI=1S/C16H10FNO/c17-13-7-3-2-6-12(13)16(19)15-10-9-11-5-1-4-8-14(11)18-15/h1-10H. The van der Waals surface area contributed by atoms with E-state index in [0.29, 0.717) is 0 Å². The SMILES string of the molecule is O=C(c1ccc2ccccc2n1)c1ccccc1F. The lowest BCUT2D eigenvalue weighted by Crippen LogP contribution is -2.06. The van der Waals surface area contributed by atoms with Crippen LogP contribution in [0.15, 0.2) is 60.7 Å². The van der Waals surface area contributed by atoms with E-state index >= 15 is 0 Å². The summed E-state index contributed by atoms with van der Waals surface area (Å²) in [6, 6.07) is 16.9. The second kappa shape index (κ2) is 4.61. The summed E-state index contributed by atoms with van der Waals surface area (Å²) in [4.78, 5) is 16.5. The minimum Gasteiger partial charge on any atom is -0.287 e. The number of ketones is 1. The van der Waals surface area contributed by atoms with Gasteiger partial charge in [0.2, 0.25) is 5.78 Å². The number of benzene rings is 2. The van der Waals surface area contributed by atoms with Crippen molar-refractivity contribution in [2.75, 3.05) is 0 Å². The minimum atomic E-state index is -0.526. The van der Waals surface area contributed by atoms with Crippen molar-refractivity contribution in [3.63, 3.8) is 0 Å². The average Bonchev–Trinajstić information content (AvgIpc) is 2.46. The number of fused-ring (bicyclic) bond motifs is 1. The maximum atomic E-state index is 13.6. The first kappa shape index (κ1) is 11.5. The summed E-state index contributed by atoms with van der Waals surface area (Å²) >= 11 is 0. The Balaban J connectivity index is 2.09. The Kier molecular flexibility index (Phi) is 2.80. The number of hydrogen-bond donors (Lipinski definition) is 0. The number of nitrogens with zero attached hydrogens (tertiary/aromatic N) is 1. The molecule has 0 saturated carbocycles. The molecule has 0 spiro atoms. The van der Waals surface area contributed by atoms with Gasteiger partial charge in [0.05, 0.1) is 11.1 Å². The average molecular weight is 251 g/mol. The summed E-state index contributed by atoms with van der Waals surface area (Å²) in [6.45, 7) is 0. The lowest BCUT2D eigenvalue weighted by molar-refractivity contribution is 0.103. The molecule has 0 aliphatic heterocycles. The molecule has 0 aliphatic carbocycles. The third-order valence-electron chi connectivity index (χ3n) is 2.95. The summed E-state index contributed by atoms with van der Waals surface area (Å²) in [5, 5.41) is 0.951. The Bertz CT molecular complexity index is 767. The van der Waals surface area contributed by atoms with Crippen molar-refractivity contribution < 1.29 is 9.18 Å². The van der Waals surface area contributed by atoms with E-state index in [9.17, 15) is 9.18 Å². The zero-order valence-corrected chi connectivity index (χ0v) is 10.0. The molecule has 0 aliphatic rings. The first-order chi connectivity index (χ1) is 9.25. The summed E-state index contributed by atoms with van der Waals surface area (Å²) in [5.41, 5.74) is 1.03. The van der Waals surface area contributed by atoms with E-state index in [1.54, 1.807) is 18.2 Å². The normalized spacial score (nSPS) is 10.6. The van der Waals surface area contributed by atoms with Crippen LogP contribution in [-0.2, 0) is 0 Å². The molecule has 1 heterocycles. The maximum absolute atomic E-state index is 13.6. The highest BCUT2D eigenvalue weighted by molar-refractivity contribution is 6.08. The van der Waals surface area contributed by atoms with E-state index in [0.717, 1.165) is 10.9 Å². The van der Waals surface area contributed by atoms with E-state index in [-0.39, 0.29) is 11.3 Å². The predicted molar refractivity (Wildman–Crippen MR) is 71.6 cm³/mol. The molecule has 0 unspecified atom stereocenters. The van der Waals surface area contributed by atoms with Gasteiger partial charge in [-0.1, -0.05) is 36.4 Å². The van der Waals surface area contributed by atoms with Crippen LogP contribution in [0.25, 0.3) is 10.9 Å². The molecule has 3 aromatic rings. The van der Waals surface area contributed by atoms with Crippen molar-refractivity contribution in [3.8, 4) is 0 Å². The van der Waals surface area contributed by atoms with Gasteiger partial charge in [-0.25, -0.2) is 9.37 Å². The third-order valence-corrected chi connectivity index (χ3v) is 2.95. The molecule has 0 atom stereocenters. The van der Waals surface area contributed by atoms with Gasteiger partial charge in [-0.2, -0.15) is 0 Å². The van der Waals surface area contributed by atoms with Crippen LogP contribution in [0.3, 0.4) is 0 Å². The molecule has 2 aromatic carbocycles. The van der Waals surface area contributed by atoms with E-state index in [4.69, 9.17) is 0 Å². The molecule has 3 rings (SSSR count). The van der Waals surface area contributed by atoms with Gasteiger partial charge in [0.1, 0.15) is 11.5 Å². The fourth-order valence-electron chi connectivity index (χ4n) is 1.98. The number of pyridine rings is 1. The molecular formula is C16H10FNO. The number of halogens is 1. The monoisotopic (exact) mass is 251 g/mol. The van der Waals surface area contributed by atoms with Crippen LogP contribution >= 0.6 is 0 Å². The van der Waals surface area contributed by atoms with E-state index in [1.165, 1.54) is 12.1 Å². The van der Waals surface area contributed by atoms with E-state index in [2.05, 4.69) is 4.98 Å². The van der Waals surface area contributed by atoms with Gasteiger partial charge >= 0.3 is 0 Å². The third kappa shape index (κ3) is 2.10. The maximum Gasteiger partial charge on any atom is 0.214 e. The van der Waals surface area contributed by atoms with Crippen LogP contribution in [0.2, 0.25) is 0 Å². The fourth-order valence-corrected chi connectivity index (χ4v) is 1.98. The Morgan fingerprint density at radius 1 is 0.895 bits per heavy atom. The molecule has 3 heteroatoms. The Morgan fingerprint density at radius 2 is 1.63 bits per heavy atom. The van der Waals surface area contributed by atoms with Crippen molar-refractivity contribution in [3.05, 3.63) is 77.7 Å². The molecule has 92 valence electrons. The summed E-state index contributed by atoms with van der Waals surface area (Å²) in [5.74, 6) is -0.925. The molecule has 19 heavy (non-hydrogen) atoms. The summed E-state index contributed by atoms with van der Waals surface area (Å²) in [7, 11) is 0. The fraction of sp³-hybridized carbons (Fsp3) is 0. The lowest BCUT2D eigenvalue weighted by Gasteiger charge is -2.03. The minimum absolute atomic E-state index is 0.0466. The molecule has 0 amide bonds. The summed E-state index contributed by atoms with van der Waals surface area (Å²) in [6.07, 6.45) is 0. The predicted octanol–water partition coefficient (Wildman–Crippen LogP) is 3.60. The highest BCUT2D eigenvalue weighted by Crippen LogP contribution is 2.16. The first-order valence-electron chi connectivity index (χ1n) is 5.91. The van der Waals surface area contributed by atoms with Gasteiger partial charge in [-0.05, 0) is 24.3 Å². The number of aromatic nitrogens is 1. The number of para-hydroxylation sites is 1. The zero-order chi connectivity index (χ0) is 13.2. The van der Waals surface area contributed by atoms with Gasteiger partial charge in [-0.15, -0.1) is 0 Å². The molecule has 2 nitrogen and oxygen atoms in total. The largest absolute Gasteiger partial charge is 0.287 e. The van der Waals surface area contributed by atoms with Crippen molar-refractivity contribution in [2.45, 2.75) is 0 Å². The Hall–Kier alpha value is -2.55. The van der Waals surface area contributed by atoms with Gasteiger partial charge in [0, 0.05) is 5.39 Å². The van der Waals surface area contributed by atoms with Crippen LogP contribution < -0.4 is 0 Å². The second-order valence-electron chi connectivity index (χ2n) is 4.20. The zero-order valence-electron chi connectivity index (χ0n) is 10.0. The van der Waals surface area contributed by atoms with Gasteiger partial charge in [0.25, 0.3) is 0 Å². The van der Waals surface area contributed by atoms with E-state index < -0.39 is 11.6 Å². The van der Waals surface area contributed by atoms with Gasteiger partial charge < -0.3 is 0 Å². The molecule has 0 bridgehead atoms. The highest BCUT2D eigenvalue weighted by atomic mass is 19.1. The van der Waals surface area contributed by atoms with Gasteiger partial charge in [-0.3, -0.25) is 4.79 Å². The Morgan fingerprint density at radius 3 is 2.47 bits per heavy atom. The molecular weight excluding hydrogens is 241 g/mol. The van der Waals surface area contributed by atoms with Crippen LogP contribution in [0.4, 0.5) is 4.39 Å². The van der Waals surface area contributed by atoms with Crippen molar-refractivity contribution in [1.82, 2.24) is 4.98 Å². The number of rotatable bonds is 2. The van der Waals surface area contributed by atoms with Crippen LogP contribution in [0, 0.1) is 5.82 Å². The Labute approximate surface area is 109 Å². The topological polar surface area (TPSA) is 30.0 Å². The number of hydrogen-bond acceptors (Lipinski definition) is 2. The van der Waals surface area contributed by atoms with Crippen LogP contribution in [-0.4, -0.2) is 10.8 Å². The summed E-state index contributed by atoms with van der Waals surface area (Å²) < 4.78 is 13.6. The molecule has 0 saturated heterocycles. The first-order valence-corrected chi connectivity index (χ1v) is 5.91. The highest BCUT2D eigenvalue weighted by Gasteiger charge is 2.14. The quantitative estimate of drug-likeness (QED) is 0.651. The lowest BCUT2D eigenvalue weighted by atomic mass is 10.1. The second-order valence-corrected chi connectivity index (χ2v) is 4.20. The molecule has 0 fully saturated rings. The van der Waals surface area contributed by atoms with Gasteiger partial charge in [0.15, 0.2) is 0 Å². The van der Waals surface area contributed by atoms with Crippen LogP contribution in [0.1, 0.15) is 16.1 Å².